The summed E-state index contributed by atoms with van der Waals surface area (Å²) >= 11 is 2.50. The van der Waals surface area contributed by atoms with Gasteiger partial charge in [0, 0.05) is 11.2 Å². The molecule has 3 N–H and O–H groups in total. The number of nitrogens with one attached hydrogen (secondary N) is 3. The second kappa shape index (κ2) is 8.30. The van der Waals surface area contributed by atoms with E-state index in [1.54, 1.807) is 0 Å². The maximum Gasteiger partial charge on any atom is 0.321 e. The fraction of sp³-hybridized carbons (Fsp3) is 0.375. The van der Waals surface area contributed by atoms with Crippen LogP contribution in [0, 0.1) is 6.92 Å². The van der Waals surface area contributed by atoms with Gasteiger partial charge in [-0.25, -0.2) is 4.79 Å². The van der Waals surface area contributed by atoms with Gasteiger partial charge in [-0.1, -0.05) is 40.8 Å². The van der Waals surface area contributed by atoms with E-state index in [9.17, 15) is 9.59 Å². The molecule has 7 nitrogen and oxygen atoms in total. The van der Waals surface area contributed by atoms with Crippen molar-refractivity contribution >= 4 is 45.9 Å². The number of carbonyl (C=O) groups excluding carboxylic acids is 2. The van der Waals surface area contributed by atoms with Crippen molar-refractivity contribution < 1.29 is 9.59 Å². The smallest absolute Gasteiger partial charge is 0.321 e. The van der Waals surface area contributed by atoms with Gasteiger partial charge in [0.1, 0.15) is 0 Å². The maximum atomic E-state index is 12.0. The molecule has 0 saturated carbocycles. The van der Waals surface area contributed by atoms with Gasteiger partial charge in [-0.3, -0.25) is 10.1 Å². The van der Waals surface area contributed by atoms with Crippen LogP contribution in [-0.4, -0.2) is 33.4 Å². The first-order valence-corrected chi connectivity index (χ1v) is 9.43. The topological polar surface area (TPSA) is 96.0 Å². The Morgan fingerprint density at radius 3 is 2.44 bits per heavy atom. The zero-order valence-corrected chi connectivity index (χ0v) is 16.2. The van der Waals surface area contributed by atoms with Gasteiger partial charge < -0.3 is 10.6 Å². The molecule has 0 unspecified atom stereocenters. The van der Waals surface area contributed by atoms with Crippen molar-refractivity contribution in [2.75, 3.05) is 16.4 Å². The summed E-state index contributed by atoms with van der Waals surface area (Å²) in [5.41, 5.74) is 1.56. The number of benzene rings is 1. The summed E-state index contributed by atoms with van der Waals surface area (Å²) < 4.78 is 0.616. The molecule has 25 heavy (non-hydrogen) atoms. The minimum absolute atomic E-state index is 0.121. The van der Waals surface area contributed by atoms with Crippen molar-refractivity contribution in [3.63, 3.8) is 0 Å². The highest BCUT2D eigenvalue weighted by Gasteiger charge is 2.15. The Morgan fingerprint density at radius 1 is 1.12 bits per heavy atom. The van der Waals surface area contributed by atoms with E-state index < -0.39 is 0 Å². The Labute approximate surface area is 155 Å². The highest BCUT2D eigenvalue weighted by molar-refractivity contribution is 8.01. The molecule has 0 aliphatic carbocycles. The molecular formula is C16H21N5O2S2. The molecule has 9 heteroatoms. The Hall–Kier alpha value is -2.13. The lowest BCUT2D eigenvalue weighted by molar-refractivity contribution is -0.113. The lowest BCUT2D eigenvalue weighted by Crippen LogP contribution is -2.43. The SMILES string of the molecule is Cc1ccc(NC(=O)CSc2nnc(NC(=O)NC(C)(C)C)s2)cc1. The van der Waals surface area contributed by atoms with E-state index >= 15 is 0 Å². The number of rotatable bonds is 5. The van der Waals surface area contributed by atoms with Crippen LogP contribution in [0.15, 0.2) is 28.6 Å². The molecule has 0 saturated heterocycles. The Bertz CT molecular complexity index is 738. The van der Waals surface area contributed by atoms with Crippen LogP contribution in [0.2, 0.25) is 0 Å². The number of anilines is 2. The number of hydrogen-bond acceptors (Lipinski definition) is 6. The van der Waals surface area contributed by atoms with Crippen molar-refractivity contribution in [2.45, 2.75) is 37.6 Å². The van der Waals surface area contributed by atoms with Crippen LogP contribution in [0.5, 0.6) is 0 Å². The summed E-state index contributed by atoms with van der Waals surface area (Å²) in [6.45, 7) is 7.66. The van der Waals surface area contributed by atoms with E-state index in [1.165, 1.54) is 23.1 Å². The first kappa shape index (κ1) is 19.2. The van der Waals surface area contributed by atoms with Crippen LogP contribution >= 0.6 is 23.1 Å². The highest BCUT2D eigenvalue weighted by Crippen LogP contribution is 2.25. The quantitative estimate of drug-likeness (QED) is 0.546. The van der Waals surface area contributed by atoms with Gasteiger partial charge in [0.2, 0.25) is 11.0 Å². The van der Waals surface area contributed by atoms with Gasteiger partial charge in [-0.05, 0) is 39.8 Å². The molecule has 1 heterocycles. The summed E-state index contributed by atoms with van der Waals surface area (Å²) in [5, 5.41) is 16.5. The van der Waals surface area contributed by atoms with Crippen LogP contribution in [0.4, 0.5) is 15.6 Å². The predicted octanol–water partition coefficient (Wildman–Crippen LogP) is 3.50. The van der Waals surface area contributed by atoms with Crippen LogP contribution in [0.1, 0.15) is 26.3 Å². The molecule has 3 amide bonds. The second-order valence-electron chi connectivity index (χ2n) is 6.41. The maximum absolute atomic E-state index is 12.0. The minimum Gasteiger partial charge on any atom is -0.333 e. The molecule has 0 radical (unpaired) electrons. The highest BCUT2D eigenvalue weighted by atomic mass is 32.2. The summed E-state index contributed by atoms with van der Waals surface area (Å²) in [6.07, 6.45) is 0. The molecule has 1 aromatic carbocycles. The second-order valence-corrected chi connectivity index (χ2v) is 8.61. The normalized spacial score (nSPS) is 11.0. The molecule has 2 aromatic rings. The number of aromatic nitrogens is 2. The lowest BCUT2D eigenvalue weighted by Gasteiger charge is -2.19. The van der Waals surface area contributed by atoms with Crippen molar-refractivity contribution in [1.82, 2.24) is 15.5 Å². The van der Waals surface area contributed by atoms with E-state index in [1.807, 2.05) is 52.0 Å². The van der Waals surface area contributed by atoms with E-state index in [-0.39, 0.29) is 23.2 Å². The Morgan fingerprint density at radius 2 is 1.80 bits per heavy atom. The molecule has 0 atom stereocenters. The first-order valence-electron chi connectivity index (χ1n) is 7.63. The Kier molecular flexibility index (Phi) is 6.38. The number of hydrogen-bond donors (Lipinski definition) is 3. The predicted molar refractivity (Wildman–Crippen MR) is 102 cm³/mol. The number of nitrogens with zero attached hydrogens (tertiary/aromatic N) is 2. The third kappa shape index (κ3) is 7.10. The van der Waals surface area contributed by atoms with E-state index in [0.717, 1.165) is 11.3 Å². The largest absolute Gasteiger partial charge is 0.333 e. The standard InChI is InChI=1S/C16H21N5O2S2/c1-10-5-7-11(8-6-10)17-12(22)9-24-15-21-20-14(25-15)18-13(23)19-16(2,3)4/h5-8H,9H2,1-4H3,(H,17,22)(H2,18,19,20,23). The van der Waals surface area contributed by atoms with Gasteiger partial charge >= 0.3 is 6.03 Å². The molecule has 1 aromatic heterocycles. The van der Waals surface area contributed by atoms with Crippen molar-refractivity contribution in [2.24, 2.45) is 0 Å². The number of amides is 3. The van der Waals surface area contributed by atoms with Gasteiger partial charge in [0.05, 0.1) is 5.75 Å². The lowest BCUT2D eigenvalue weighted by atomic mass is 10.1. The summed E-state index contributed by atoms with van der Waals surface area (Å²) in [5.74, 6) is 0.0977. The number of carbonyl (C=O) groups is 2. The molecule has 0 aliphatic heterocycles. The van der Waals surface area contributed by atoms with Gasteiger partial charge in [-0.2, -0.15) is 0 Å². The average molecular weight is 380 g/mol. The van der Waals surface area contributed by atoms with Crippen LogP contribution in [-0.2, 0) is 4.79 Å². The van der Waals surface area contributed by atoms with Crippen LogP contribution in [0.25, 0.3) is 0 Å². The summed E-state index contributed by atoms with van der Waals surface area (Å²) in [4.78, 5) is 23.7. The molecule has 0 bridgehead atoms. The zero-order chi connectivity index (χ0) is 18.4. The van der Waals surface area contributed by atoms with Gasteiger partial charge in [0.15, 0.2) is 4.34 Å². The first-order chi connectivity index (χ1) is 11.7. The third-order valence-corrected chi connectivity index (χ3v) is 4.75. The minimum atomic E-state index is -0.336. The fourth-order valence-electron chi connectivity index (χ4n) is 1.75. The third-order valence-electron chi connectivity index (χ3n) is 2.78. The van der Waals surface area contributed by atoms with Crippen LogP contribution in [0.3, 0.4) is 0 Å². The fourth-order valence-corrected chi connectivity index (χ4v) is 3.30. The summed E-state index contributed by atoms with van der Waals surface area (Å²) in [7, 11) is 0. The molecule has 0 fully saturated rings. The molecule has 0 spiro atoms. The summed E-state index contributed by atoms with van der Waals surface area (Å²) in [6, 6.07) is 7.26. The van der Waals surface area contributed by atoms with Crippen molar-refractivity contribution in [3.05, 3.63) is 29.8 Å². The molecule has 2 rings (SSSR count). The number of urea groups is 1. The van der Waals surface area contributed by atoms with Crippen molar-refractivity contribution in [3.8, 4) is 0 Å². The van der Waals surface area contributed by atoms with Gasteiger partial charge in [0.25, 0.3) is 0 Å². The monoisotopic (exact) mass is 379 g/mol. The van der Waals surface area contributed by atoms with E-state index in [2.05, 4.69) is 26.1 Å². The van der Waals surface area contributed by atoms with Crippen molar-refractivity contribution in [1.29, 1.82) is 0 Å². The van der Waals surface area contributed by atoms with E-state index in [0.29, 0.717) is 9.47 Å². The van der Waals surface area contributed by atoms with Crippen LogP contribution < -0.4 is 16.0 Å². The number of aryl methyl sites for hydroxylation is 1. The molecule has 0 aliphatic rings. The van der Waals surface area contributed by atoms with Gasteiger partial charge in [-0.15, -0.1) is 10.2 Å². The van der Waals surface area contributed by atoms with E-state index in [4.69, 9.17) is 0 Å². The average Bonchev–Trinajstić information content (AvgIpc) is 2.93. The molecular weight excluding hydrogens is 358 g/mol. The zero-order valence-electron chi connectivity index (χ0n) is 14.5. The number of thioether (sulfide) groups is 1. The molecule has 134 valence electrons. The Balaban J connectivity index is 1.79.